The Hall–Kier alpha value is -2.40. The average molecular weight is 421 g/mol. The van der Waals surface area contributed by atoms with Crippen LogP contribution in [0.5, 0.6) is 0 Å². The van der Waals surface area contributed by atoms with Gasteiger partial charge in [0.1, 0.15) is 5.03 Å². The molecule has 5 rings (SSSR count). The molecule has 2 aliphatic heterocycles. The van der Waals surface area contributed by atoms with Crippen LogP contribution in [-0.4, -0.2) is 50.1 Å². The Morgan fingerprint density at radius 1 is 1.10 bits per heavy atom. The van der Waals surface area contributed by atoms with E-state index in [2.05, 4.69) is 35.1 Å². The van der Waals surface area contributed by atoms with Gasteiger partial charge in [-0.05, 0) is 44.5 Å². The number of aromatic amines is 1. The van der Waals surface area contributed by atoms with Gasteiger partial charge in [0.15, 0.2) is 17.0 Å². The zero-order valence-corrected chi connectivity index (χ0v) is 16.1. The predicted octanol–water partition coefficient (Wildman–Crippen LogP) is 3.25. The Labute approximate surface area is 168 Å². The number of hydrogen-bond donors (Lipinski definition) is 2. The molecule has 2 aliphatic rings. The molecular weight excluding hydrogens is 403 g/mol. The first-order valence-electron chi connectivity index (χ1n) is 9.36. The monoisotopic (exact) mass is 421 g/mol. The minimum absolute atomic E-state index is 0.0131. The molecule has 0 aromatic carbocycles. The van der Waals surface area contributed by atoms with E-state index in [0.29, 0.717) is 16.3 Å². The van der Waals surface area contributed by atoms with Gasteiger partial charge in [0.25, 0.3) is 0 Å². The van der Waals surface area contributed by atoms with E-state index in [1.807, 2.05) is 0 Å². The number of nitrogens with one attached hydrogen (secondary N) is 2. The van der Waals surface area contributed by atoms with Crippen LogP contribution in [0.4, 0.5) is 19.1 Å². The van der Waals surface area contributed by atoms with Gasteiger partial charge in [0, 0.05) is 23.2 Å². The Kier molecular flexibility index (Phi) is 4.39. The fourth-order valence-electron chi connectivity index (χ4n) is 4.02. The number of rotatable bonds is 3. The molecule has 2 saturated heterocycles. The average Bonchev–Trinajstić information content (AvgIpc) is 3.09. The Morgan fingerprint density at radius 2 is 1.93 bits per heavy atom. The molecule has 3 aromatic heterocycles. The molecular formula is C18H18F3N7S. The van der Waals surface area contributed by atoms with Gasteiger partial charge in [-0.1, -0.05) is 11.8 Å². The number of nitrogens with zero attached hydrogens (tertiary/aromatic N) is 5. The summed E-state index contributed by atoms with van der Waals surface area (Å²) in [5, 5.41) is 3.72. The van der Waals surface area contributed by atoms with Crippen molar-refractivity contribution in [2.75, 3.05) is 24.5 Å². The normalized spacial score (nSPS) is 18.9. The first-order chi connectivity index (χ1) is 13.9. The number of hydrogen-bond acceptors (Lipinski definition) is 7. The number of alkyl halides is 3. The summed E-state index contributed by atoms with van der Waals surface area (Å²) in [4.78, 5) is 22.3. The van der Waals surface area contributed by atoms with Crippen LogP contribution in [0.3, 0.4) is 0 Å². The molecule has 0 aliphatic carbocycles. The van der Waals surface area contributed by atoms with E-state index in [-0.39, 0.29) is 10.4 Å². The predicted molar refractivity (Wildman–Crippen MR) is 102 cm³/mol. The van der Waals surface area contributed by atoms with Gasteiger partial charge >= 0.3 is 6.18 Å². The summed E-state index contributed by atoms with van der Waals surface area (Å²) in [5.41, 5.74) is 0.137. The summed E-state index contributed by atoms with van der Waals surface area (Å²) in [6, 6.07) is 2.85. The van der Waals surface area contributed by atoms with E-state index in [0.717, 1.165) is 62.8 Å². The Balaban J connectivity index is 1.42. The van der Waals surface area contributed by atoms with Crippen molar-refractivity contribution in [2.24, 2.45) is 0 Å². The summed E-state index contributed by atoms with van der Waals surface area (Å²) < 4.78 is 39.5. The van der Waals surface area contributed by atoms with E-state index >= 15 is 0 Å². The number of aromatic nitrogens is 5. The molecule has 3 aromatic rings. The number of anilines is 1. The number of piperidine rings is 1. The number of H-pyrrole nitrogens is 1. The first kappa shape index (κ1) is 18.6. The summed E-state index contributed by atoms with van der Waals surface area (Å²) in [6.07, 6.45) is 1.32. The quantitative estimate of drug-likeness (QED) is 0.672. The second kappa shape index (κ2) is 6.84. The second-order valence-electron chi connectivity index (χ2n) is 7.27. The van der Waals surface area contributed by atoms with Crippen molar-refractivity contribution in [3.63, 3.8) is 0 Å². The largest absolute Gasteiger partial charge is 0.434 e. The van der Waals surface area contributed by atoms with E-state index in [4.69, 9.17) is 0 Å². The zero-order valence-electron chi connectivity index (χ0n) is 15.3. The smallest absolute Gasteiger partial charge is 0.336 e. The van der Waals surface area contributed by atoms with Gasteiger partial charge in [-0.2, -0.15) is 18.2 Å². The summed E-state index contributed by atoms with van der Waals surface area (Å²) in [5.74, 6) is 0.729. The lowest BCUT2D eigenvalue weighted by molar-refractivity contribution is -0.143. The van der Waals surface area contributed by atoms with Crippen LogP contribution in [0, 0.1) is 0 Å². The third-order valence-corrected chi connectivity index (χ3v) is 6.55. The summed E-state index contributed by atoms with van der Waals surface area (Å²) in [6.45, 7) is 2.90. The molecule has 0 atom stereocenters. The van der Waals surface area contributed by atoms with Crippen LogP contribution < -0.4 is 10.2 Å². The highest BCUT2D eigenvalue weighted by atomic mass is 32.2. The molecule has 152 valence electrons. The van der Waals surface area contributed by atoms with Crippen molar-refractivity contribution in [1.29, 1.82) is 0 Å². The molecule has 0 radical (unpaired) electrons. The highest BCUT2D eigenvalue weighted by Gasteiger charge is 2.46. The van der Waals surface area contributed by atoms with E-state index in [1.54, 1.807) is 0 Å². The van der Waals surface area contributed by atoms with Gasteiger partial charge in [-0.25, -0.2) is 9.97 Å². The first-order valence-corrected chi connectivity index (χ1v) is 10.2. The summed E-state index contributed by atoms with van der Waals surface area (Å²) >= 11 is 0.883. The van der Waals surface area contributed by atoms with Crippen molar-refractivity contribution in [1.82, 2.24) is 30.2 Å². The van der Waals surface area contributed by atoms with Crippen molar-refractivity contribution in [3.8, 4) is 0 Å². The number of imidazole rings is 1. The van der Waals surface area contributed by atoms with Gasteiger partial charge < -0.3 is 15.2 Å². The number of halogens is 3. The van der Waals surface area contributed by atoms with Gasteiger partial charge in [-0.3, -0.25) is 4.98 Å². The minimum Gasteiger partial charge on any atom is -0.336 e. The maximum atomic E-state index is 13.2. The second-order valence-corrected chi connectivity index (χ2v) is 8.33. The third-order valence-electron chi connectivity index (χ3n) is 5.59. The number of fused-ring (bicyclic) bond motifs is 1. The molecule has 11 heteroatoms. The molecule has 1 spiro atoms. The molecule has 7 nitrogen and oxygen atoms in total. The lowest BCUT2D eigenvalue weighted by Gasteiger charge is -2.55. The fraction of sp³-hybridized carbons (Fsp3) is 0.444. The Bertz CT molecular complexity index is 1050. The fourth-order valence-corrected chi connectivity index (χ4v) is 4.90. The maximum absolute atomic E-state index is 13.2. The molecule has 2 fully saturated rings. The van der Waals surface area contributed by atoms with Crippen molar-refractivity contribution < 1.29 is 13.2 Å². The van der Waals surface area contributed by atoms with E-state index in [1.165, 1.54) is 18.3 Å². The molecule has 0 amide bonds. The number of pyridine rings is 1. The van der Waals surface area contributed by atoms with Crippen molar-refractivity contribution >= 4 is 29.0 Å². The van der Waals surface area contributed by atoms with E-state index in [9.17, 15) is 13.2 Å². The lowest BCUT2D eigenvalue weighted by Crippen LogP contribution is -2.64. The van der Waals surface area contributed by atoms with Gasteiger partial charge in [-0.15, -0.1) is 0 Å². The van der Waals surface area contributed by atoms with Crippen molar-refractivity contribution in [2.45, 2.75) is 40.9 Å². The lowest BCUT2D eigenvalue weighted by atomic mass is 9.77. The zero-order chi connectivity index (χ0) is 20.1. The van der Waals surface area contributed by atoms with Gasteiger partial charge in [0.05, 0.1) is 6.20 Å². The highest BCUT2D eigenvalue weighted by molar-refractivity contribution is 7.99. The SMILES string of the molecule is FC(F)(F)c1ncccc1Sc1cnc2[nH]c(N3CCC34CCNCC4)nc2n1. The van der Waals surface area contributed by atoms with Crippen LogP contribution in [0.25, 0.3) is 11.3 Å². The van der Waals surface area contributed by atoms with Crippen LogP contribution in [0.2, 0.25) is 0 Å². The molecule has 29 heavy (non-hydrogen) atoms. The van der Waals surface area contributed by atoms with Crippen LogP contribution in [-0.2, 0) is 6.18 Å². The standard InChI is InChI=1S/C18H18F3N7S/c19-18(20,21)13-11(2-1-6-23-13)29-12-10-24-14-15(25-12)27-16(26-14)28-9-5-17(28)3-7-22-8-4-17/h1-2,6,10,22H,3-5,7-9H2,(H,24,25,26,27). The van der Waals surface area contributed by atoms with Crippen molar-refractivity contribution in [3.05, 3.63) is 30.2 Å². The van der Waals surface area contributed by atoms with E-state index < -0.39 is 11.9 Å². The van der Waals surface area contributed by atoms with Crippen LogP contribution in [0.1, 0.15) is 25.0 Å². The topological polar surface area (TPSA) is 82.6 Å². The highest BCUT2D eigenvalue weighted by Crippen LogP contribution is 2.41. The maximum Gasteiger partial charge on any atom is 0.434 e. The molecule has 0 bridgehead atoms. The molecule has 2 N–H and O–H groups in total. The van der Waals surface area contributed by atoms with Crippen LogP contribution >= 0.6 is 11.8 Å². The third kappa shape index (κ3) is 3.31. The minimum atomic E-state index is -4.53. The summed E-state index contributed by atoms with van der Waals surface area (Å²) in [7, 11) is 0. The van der Waals surface area contributed by atoms with Gasteiger partial charge in [0.2, 0.25) is 5.95 Å². The Morgan fingerprint density at radius 3 is 2.66 bits per heavy atom. The van der Waals surface area contributed by atoms with Crippen LogP contribution in [0.15, 0.2) is 34.4 Å². The molecule has 0 saturated carbocycles. The molecule has 5 heterocycles. The molecule has 0 unspecified atom stereocenters.